The number of carboxylic acids is 1. The van der Waals surface area contributed by atoms with Crippen LogP contribution in [0, 0.1) is 5.92 Å². The number of aryl methyl sites for hydroxylation is 1. The number of halogens is 1. The summed E-state index contributed by atoms with van der Waals surface area (Å²) >= 11 is 5.82. The molecule has 0 aliphatic rings. The Bertz CT molecular complexity index is 392. The predicted molar refractivity (Wildman–Crippen MR) is 78.7 cm³/mol. The second-order valence-corrected chi connectivity index (χ2v) is 5.32. The summed E-state index contributed by atoms with van der Waals surface area (Å²) in [6.45, 7) is 4.69. The highest BCUT2D eigenvalue weighted by Crippen LogP contribution is 2.11. The molecule has 2 N–H and O–H groups in total. The minimum atomic E-state index is -0.763. The van der Waals surface area contributed by atoms with Gasteiger partial charge in [-0.15, -0.1) is 0 Å². The summed E-state index contributed by atoms with van der Waals surface area (Å²) in [5.41, 5.74) is 1.22. The van der Waals surface area contributed by atoms with Crippen molar-refractivity contribution in [3.63, 3.8) is 0 Å². The van der Waals surface area contributed by atoms with Gasteiger partial charge < -0.3 is 10.4 Å². The Morgan fingerprint density at radius 1 is 1.37 bits per heavy atom. The number of benzene rings is 1. The summed E-state index contributed by atoms with van der Waals surface area (Å²) in [5, 5.41) is 13.0. The molecule has 0 aliphatic carbocycles. The smallest absolute Gasteiger partial charge is 0.320 e. The monoisotopic (exact) mass is 283 g/mol. The number of aliphatic carboxylic acids is 1. The van der Waals surface area contributed by atoms with Crippen LogP contribution in [0.25, 0.3) is 0 Å². The average Bonchev–Trinajstić information content (AvgIpc) is 2.39. The molecule has 0 aromatic heterocycles. The van der Waals surface area contributed by atoms with E-state index in [0.717, 1.165) is 24.3 Å². The summed E-state index contributed by atoms with van der Waals surface area (Å²) in [6.07, 6.45) is 2.71. The minimum Gasteiger partial charge on any atom is -0.480 e. The van der Waals surface area contributed by atoms with Crippen LogP contribution in [0.15, 0.2) is 24.3 Å². The maximum Gasteiger partial charge on any atom is 0.320 e. The third kappa shape index (κ3) is 5.62. The quantitative estimate of drug-likeness (QED) is 0.719. The van der Waals surface area contributed by atoms with Crippen LogP contribution in [0.5, 0.6) is 0 Å². The lowest BCUT2D eigenvalue weighted by Crippen LogP contribution is -2.42. The summed E-state index contributed by atoms with van der Waals surface area (Å²) in [4.78, 5) is 11.1. The molecule has 0 amide bonds. The topological polar surface area (TPSA) is 49.3 Å². The van der Waals surface area contributed by atoms with Gasteiger partial charge >= 0.3 is 5.97 Å². The van der Waals surface area contributed by atoms with E-state index in [1.807, 2.05) is 38.1 Å². The lowest BCUT2D eigenvalue weighted by atomic mass is 9.99. The largest absolute Gasteiger partial charge is 0.480 e. The standard InChI is InChI=1S/C15H22ClNO2/c1-3-11(2)14(15(18)19)17-10-4-5-12-6-8-13(16)9-7-12/h6-9,11,14,17H,3-5,10H2,1-2H3,(H,18,19)/t11-,14-/m0/s1. The van der Waals surface area contributed by atoms with Gasteiger partial charge in [-0.2, -0.15) is 0 Å². The summed E-state index contributed by atoms with van der Waals surface area (Å²) in [6, 6.07) is 7.32. The van der Waals surface area contributed by atoms with Gasteiger partial charge in [0.15, 0.2) is 0 Å². The van der Waals surface area contributed by atoms with Crippen molar-refractivity contribution < 1.29 is 9.90 Å². The highest BCUT2D eigenvalue weighted by Gasteiger charge is 2.22. The van der Waals surface area contributed by atoms with Gasteiger partial charge in [0.2, 0.25) is 0 Å². The third-order valence-corrected chi connectivity index (χ3v) is 3.65. The molecule has 0 bridgehead atoms. The number of carboxylic acid groups (broad SMARTS) is 1. The molecular weight excluding hydrogens is 262 g/mol. The fourth-order valence-corrected chi connectivity index (χ4v) is 2.09. The molecule has 0 fully saturated rings. The fraction of sp³-hybridized carbons (Fsp3) is 0.533. The molecule has 4 heteroatoms. The van der Waals surface area contributed by atoms with E-state index in [4.69, 9.17) is 16.7 Å². The van der Waals surface area contributed by atoms with Crippen molar-refractivity contribution in [3.8, 4) is 0 Å². The van der Waals surface area contributed by atoms with Crippen LogP contribution in [-0.4, -0.2) is 23.7 Å². The molecule has 2 atom stereocenters. The predicted octanol–water partition coefficient (Wildman–Crippen LogP) is 3.36. The molecule has 1 rings (SSSR count). The molecule has 0 heterocycles. The molecule has 0 radical (unpaired) electrons. The first-order valence-electron chi connectivity index (χ1n) is 6.75. The second kappa shape index (κ2) is 8.18. The van der Waals surface area contributed by atoms with Gasteiger partial charge in [-0.05, 0) is 43.0 Å². The molecule has 106 valence electrons. The molecule has 3 nitrogen and oxygen atoms in total. The molecule has 19 heavy (non-hydrogen) atoms. The van der Waals surface area contributed by atoms with Gasteiger partial charge in [-0.1, -0.05) is 44.0 Å². The highest BCUT2D eigenvalue weighted by atomic mass is 35.5. The lowest BCUT2D eigenvalue weighted by Gasteiger charge is -2.20. The first kappa shape index (κ1) is 16.0. The Morgan fingerprint density at radius 3 is 2.53 bits per heavy atom. The zero-order valence-corrected chi connectivity index (χ0v) is 12.3. The summed E-state index contributed by atoms with van der Waals surface area (Å²) < 4.78 is 0. The normalized spacial score (nSPS) is 14.1. The van der Waals surface area contributed by atoms with Crippen LogP contribution < -0.4 is 5.32 Å². The lowest BCUT2D eigenvalue weighted by molar-refractivity contribution is -0.140. The Hall–Kier alpha value is -1.06. The number of carbonyl (C=O) groups is 1. The van der Waals surface area contributed by atoms with Crippen molar-refractivity contribution in [1.82, 2.24) is 5.32 Å². The Morgan fingerprint density at radius 2 is 2.00 bits per heavy atom. The molecule has 0 saturated heterocycles. The first-order valence-corrected chi connectivity index (χ1v) is 7.13. The fourth-order valence-electron chi connectivity index (χ4n) is 1.97. The van der Waals surface area contributed by atoms with Gasteiger partial charge in [0, 0.05) is 5.02 Å². The molecule has 1 aromatic carbocycles. The zero-order valence-electron chi connectivity index (χ0n) is 11.5. The van der Waals surface area contributed by atoms with Crippen LogP contribution in [0.4, 0.5) is 0 Å². The first-order chi connectivity index (χ1) is 9.04. The van der Waals surface area contributed by atoms with Crippen molar-refractivity contribution >= 4 is 17.6 Å². The molecule has 0 aliphatic heterocycles. The van der Waals surface area contributed by atoms with Crippen molar-refractivity contribution in [2.75, 3.05) is 6.54 Å². The van der Waals surface area contributed by atoms with E-state index in [1.54, 1.807) is 0 Å². The third-order valence-electron chi connectivity index (χ3n) is 3.40. The number of nitrogens with one attached hydrogen (secondary N) is 1. The van der Waals surface area contributed by atoms with E-state index < -0.39 is 12.0 Å². The van der Waals surface area contributed by atoms with Crippen LogP contribution in [-0.2, 0) is 11.2 Å². The van der Waals surface area contributed by atoms with Crippen LogP contribution in [0.1, 0.15) is 32.3 Å². The molecule has 0 saturated carbocycles. The summed E-state index contributed by atoms with van der Waals surface area (Å²) in [7, 11) is 0. The number of rotatable bonds is 8. The maximum atomic E-state index is 11.1. The van der Waals surface area contributed by atoms with Crippen molar-refractivity contribution in [2.45, 2.75) is 39.2 Å². The van der Waals surface area contributed by atoms with Crippen molar-refractivity contribution in [1.29, 1.82) is 0 Å². The zero-order chi connectivity index (χ0) is 14.3. The Balaban J connectivity index is 2.32. The van der Waals surface area contributed by atoms with Gasteiger partial charge in [0.1, 0.15) is 6.04 Å². The van der Waals surface area contributed by atoms with E-state index in [1.165, 1.54) is 5.56 Å². The van der Waals surface area contributed by atoms with E-state index in [9.17, 15) is 4.79 Å². The Labute approximate surface area is 120 Å². The van der Waals surface area contributed by atoms with E-state index in [2.05, 4.69) is 5.32 Å². The van der Waals surface area contributed by atoms with Crippen LogP contribution in [0.3, 0.4) is 0 Å². The number of hydrogen-bond acceptors (Lipinski definition) is 2. The highest BCUT2D eigenvalue weighted by molar-refractivity contribution is 6.30. The van der Waals surface area contributed by atoms with Gasteiger partial charge in [-0.25, -0.2) is 0 Å². The molecule has 0 unspecified atom stereocenters. The second-order valence-electron chi connectivity index (χ2n) is 4.89. The van der Waals surface area contributed by atoms with Crippen molar-refractivity contribution in [2.24, 2.45) is 5.92 Å². The molecule has 0 spiro atoms. The van der Waals surface area contributed by atoms with Gasteiger partial charge in [-0.3, -0.25) is 4.79 Å². The average molecular weight is 284 g/mol. The summed E-state index contributed by atoms with van der Waals surface area (Å²) in [5.74, 6) is -0.617. The number of hydrogen-bond donors (Lipinski definition) is 2. The van der Waals surface area contributed by atoms with Crippen LogP contribution >= 0.6 is 11.6 Å². The van der Waals surface area contributed by atoms with E-state index in [-0.39, 0.29) is 5.92 Å². The van der Waals surface area contributed by atoms with E-state index in [0.29, 0.717) is 6.54 Å². The maximum absolute atomic E-state index is 11.1. The molecular formula is C15H22ClNO2. The van der Waals surface area contributed by atoms with Crippen molar-refractivity contribution in [3.05, 3.63) is 34.9 Å². The minimum absolute atomic E-state index is 0.146. The SMILES string of the molecule is CC[C@H](C)[C@H](NCCCc1ccc(Cl)cc1)C(=O)O. The van der Waals surface area contributed by atoms with Gasteiger partial charge in [0.25, 0.3) is 0 Å². The Kier molecular flexibility index (Phi) is 6.89. The van der Waals surface area contributed by atoms with E-state index >= 15 is 0 Å². The molecule has 1 aromatic rings. The van der Waals surface area contributed by atoms with Crippen LogP contribution in [0.2, 0.25) is 5.02 Å². The van der Waals surface area contributed by atoms with Gasteiger partial charge in [0.05, 0.1) is 0 Å².